The summed E-state index contributed by atoms with van der Waals surface area (Å²) in [5.74, 6) is 0.699. The first-order chi connectivity index (χ1) is 13.4. The maximum atomic E-state index is 12.4. The van der Waals surface area contributed by atoms with Crippen LogP contribution in [0.5, 0.6) is 0 Å². The molecule has 2 saturated heterocycles. The fraction of sp³-hybridized carbons (Fsp3) is 0.667. The summed E-state index contributed by atoms with van der Waals surface area (Å²) in [6, 6.07) is 6.05. The highest BCUT2D eigenvalue weighted by atomic mass is 16.2. The number of piperidine rings is 1. The summed E-state index contributed by atoms with van der Waals surface area (Å²) >= 11 is 0. The normalized spacial score (nSPS) is 28.7. The van der Waals surface area contributed by atoms with E-state index in [4.69, 9.17) is 0 Å². The Bertz CT molecular complexity index is 666. The van der Waals surface area contributed by atoms with Crippen molar-refractivity contribution in [1.29, 1.82) is 0 Å². The first-order valence-electron chi connectivity index (χ1n) is 10.5. The molecule has 28 heavy (non-hydrogen) atoms. The van der Waals surface area contributed by atoms with Crippen molar-refractivity contribution in [2.45, 2.75) is 58.5 Å². The molecule has 0 aromatic heterocycles. The number of hydrogen-bond acceptors (Lipinski definition) is 5. The minimum Gasteiger partial charge on any atom is -0.310 e. The first kappa shape index (κ1) is 21.0. The third-order valence-corrected chi connectivity index (χ3v) is 5.82. The van der Waals surface area contributed by atoms with Gasteiger partial charge in [0.2, 0.25) is 0 Å². The fourth-order valence-electron chi connectivity index (χ4n) is 4.12. The minimum absolute atomic E-state index is 0.190. The Balaban J connectivity index is 1.46. The van der Waals surface area contributed by atoms with E-state index in [9.17, 15) is 4.79 Å². The van der Waals surface area contributed by atoms with E-state index < -0.39 is 0 Å². The highest BCUT2D eigenvalue weighted by molar-refractivity contribution is 5.89. The second-order valence-corrected chi connectivity index (χ2v) is 8.53. The molecule has 1 aromatic carbocycles. The topological polar surface area (TPSA) is 80.5 Å². The number of amides is 2. The van der Waals surface area contributed by atoms with E-state index in [1.165, 1.54) is 24.9 Å². The molecule has 2 heterocycles. The first-order valence-corrected chi connectivity index (χ1v) is 10.5. The average molecular weight is 389 g/mol. The predicted octanol–water partition coefficient (Wildman–Crippen LogP) is 1.94. The van der Waals surface area contributed by atoms with E-state index in [1.54, 1.807) is 0 Å². The number of aryl methyl sites for hydroxylation is 2. The van der Waals surface area contributed by atoms with Crippen molar-refractivity contribution in [3.8, 4) is 0 Å². The Labute approximate surface area is 169 Å². The molecule has 2 aliphatic heterocycles. The molecule has 0 bridgehead atoms. The van der Waals surface area contributed by atoms with Crippen LogP contribution in [0.1, 0.15) is 37.3 Å². The number of rotatable bonds is 5. The molecular formula is C21H36N6O. The third kappa shape index (κ3) is 6.17. The summed E-state index contributed by atoms with van der Waals surface area (Å²) in [6.07, 6.45) is 3.48. The van der Waals surface area contributed by atoms with Crippen molar-refractivity contribution in [3.05, 3.63) is 29.3 Å². The van der Waals surface area contributed by atoms with Gasteiger partial charge in [-0.15, -0.1) is 0 Å². The van der Waals surface area contributed by atoms with Crippen LogP contribution in [-0.2, 0) is 0 Å². The maximum Gasteiger partial charge on any atom is 0.321 e. The van der Waals surface area contributed by atoms with Gasteiger partial charge in [0.25, 0.3) is 0 Å². The molecule has 1 aromatic rings. The smallest absolute Gasteiger partial charge is 0.310 e. The molecule has 0 aliphatic carbocycles. The summed E-state index contributed by atoms with van der Waals surface area (Å²) in [4.78, 5) is 14.8. The van der Waals surface area contributed by atoms with Gasteiger partial charge in [-0.3, -0.25) is 10.6 Å². The molecule has 4 unspecified atom stereocenters. The van der Waals surface area contributed by atoms with Crippen LogP contribution in [0, 0.1) is 19.8 Å². The van der Waals surface area contributed by atoms with Gasteiger partial charge in [-0.1, -0.05) is 6.07 Å². The van der Waals surface area contributed by atoms with Crippen molar-refractivity contribution in [3.63, 3.8) is 0 Å². The van der Waals surface area contributed by atoms with Crippen molar-refractivity contribution in [2.75, 3.05) is 32.0 Å². The molecule has 2 fully saturated rings. The van der Waals surface area contributed by atoms with Crippen LogP contribution < -0.4 is 26.6 Å². The zero-order chi connectivity index (χ0) is 20.1. The van der Waals surface area contributed by atoms with Crippen LogP contribution in [0.3, 0.4) is 0 Å². The van der Waals surface area contributed by atoms with Gasteiger partial charge in [-0.2, -0.15) is 0 Å². The van der Waals surface area contributed by atoms with Gasteiger partial charge < -0.3 is 20.9 Å². The van der Waals surface area contributed by atoms with Gasteiger partial charge in [0.15, 0.2) is 0 Å². The minimum atomic E-state index is -0.262. The molecule has 7 nitrogen and oxygen atoms in total. The summed E-state index contributed by atoms with van der Waals surface area (Å²) in [6.45, 7) is 9.64. The van der Waals surface area contributed by atoms with E-state index in [0.717, 1.165) is 30.8 Å². The second kappa shape index (κ2) is 9.69. The molecule has 156 valence electrons. The zero-order valence-electron chi connectivity index (χ0n) is 17.6. The van der Waals surface area contributed by atoms with Crippen LogP contribution in [0.15, 0.2) is 18.2 Å². The lowest BCUT2D eigenvalue weighted by molar-refractivity contribution is 0.169. The molecule has 2 aliphatic rings. The van der Waals surface area contributed by atoms with Crippen molar-refractivity contribution in [1.82, 2.24) is 26.2 Å². The average Bonchev–Trinajstić information content (AvgIpc) is 2.63. The lowest BCUT2D eigenvalue weighted by Gasteiger charge is -2.38. The Morgan fingerprint density at radius 1 is 1.25 bits per heavy atom. The van der Waals surface area contributed by atoms with Crippen molar-refractivity contribution < 1.29 is 4.79 Å². The summed E-state index contributed by atoms with van der Waals surface area (Å²) in [5, 5.41) is 16.4. The molecule has 0 saturated carbocycles. The van der Waals surface area contributed by atoms with Gasteiger partial charge in [0.05, 0.1) is 6.17 Å². The standard InChI is InChI=1S/C21H36N6O/c1-14-7-8-18(10-15(14)2)24-21(28)26-20-23-16(3)11-19(25-20)22-12-17-6-5-9-27(4)13-17/h7-8,10,16-17,19-20,22-23,25H,5-6,9,11-13H2,1-4H3,(H2,24,26,28). The number of carbonyl (C=O) groups is 1. The summed E-state index contributed by atoms with van der Waals surface area (Å²) in [7, 11) is 2.20. The predicted molar refractivity (Wildman–Crippen MR) is 114 cm³/mol. The largest absolute Gasteiger partial charge is 0.321 e. The number of benzene rings is 1. The van der Waals surface area contributed by atoms with Crippen LogP contribution in [-0.4, -0.2) is 56.1 Å². The van der Waals surface area contributed by atoms with E-state index >= 15 is 0 Å². The molecule has 7 heteroatoms. The molecule has 3 rings (SSSR count). The Hall–Kier alpha value is -1.67. The van der Waals surface area contributed by atoms with Crippen molar-refractivity contribution in [2.24, 2.45) is 5.92 Å². The molecule has 0 radical (unpaired) electrons. The second-order valence-electron chi connectivity index (χ2n) is 8.53. The highest BCUT2D eigenvalue weighted by Gasteiger charge is 2.27. The Morgan fingerprint density at radius 3 is 2.82 bits per heavy atom. The molecule has 0 spiro atoms. The number of nitrogens with one attached hydrogen (secondary N) is 5. The summed E-state index contributed by atoms with van der Waals surface area (Å²) in [5.41, 5.74) is 3.19. The van der Waals surface area contributed by atoms with Gasteiger partial charge in [-0.05, 0) is 82.8 Å². The number of urea groups is 1. The molecule has 5 N–H and O–H groups in total. The van der Waals surface area contributed by atoms with Crippen LogP contribution in [0.4, 0.5) is 10.5 Å². The van der Waals surface area contributed by atoms with Gasteiger partial charge in [-0.25, -0.2) is 4.79 Å². The van der Waals surface area contributed by atoms with E-state index in [0.29, 0.717) is 12.0 Å². The third-order valence-electron chi connectivity index (χ3n) is 5.82. The van der Waals surface area contributed by atoms with Crippen LogP contribution in [0.2, 0.25) is 0 Å². The van der Waals surface area contributed by atoms with Crippen LogP contribution >= 0.6 is 0 Å². The maximum absolute atomic E-state index is 12.4. The zero-order valence-corrected chi connectivity index (χ0v) is 17.6. The van der Waals surface area contributed by atoms with Gasteiger partial charge >= 0.3 is 6.03 Å². The van der Waals surface area contributed by atoms with Gasteiger partial charge in [0.1, 0.15) is 6.29 Å². The number of carbonyl (C=O) groups excluding carboxylic acids is 1. The van der Waals surface area contributed by atoms with E-state index in [2.05, 4.69) is 52.4 Å². The molecular weight excluding hydrogens is 352 g/mol. The highest BCUT2D eigenvalue weighted by Crippen LogP contribution is 2.15. The van der Waals surface area contributed by atoms with Crippen molar-refractivity contribution >= 4 is 11.7 Å². The monoisotopic (exact) mass is 388 g/mol. The lowest BCUT2D eigenvalue weighted by Crippen LogP contribution is -2.68. The number of nitrogens with zero attached hydrogens (tertiary/aromatic N) is 1. The Morgan fingerprint density at radius 2 is 2.07 bits per heavy atom. The number of likely N-dealkylation sites (tertiary alicyclic amines) is 1. The fourth-order valence-corrected chi connectivity index (χ4v) is 4.12. The van der Waals surface area contributed by atoms with E-state index in [1.807, 2.05) is 25.1 Å². The summed E-state index contributed by atoms with van der Waals surface area (Å²) < 4.78 is 0. The molecule has 2 amide bonds. The SMILES string of the molecule is Cc1ccc(NC(=O)NC2NC(C)CC(NCC3CCCN(C)C3)N2)cc1C. The van der Waals surface area contributed by atoms with Gasteiger partial charge in [0, 0.05) is 24.8 Å². The molecule has 4 atom stereocenters. The Kier molecular flexibility index (Phi) is 7.29. The number of hydrogen-bond donors (Lipinski definition) is 5. The quantitative estimate of drug-likeness (QED) is 0.533. The van der Waals surface area contributed by atoms with Crippen LogP contribution in [0.25, 0.3) is 0 Å². The number of anilines is 1. The van der Waals surface area contributed by atoms with E-state index in [-0.39, 0.29) is 18.5 Å². The lowest BCUT2D eigenvalue weighted by atomic mass is 9.98.